The van der Waals surface area contributed by atoms with Gasteiger partial charge in [-0.15, -0.1) is 0 Å². The van der Waals surface area contributed by atoms with Crippen LogP contribution in [0.15, 0.2) is 0 Å². The number of hydrogen-bond donors (Lipinski definition) is 1. The molecule has 1 N–H and O–H groups in total. The molecule has 1 spiro atoms. The van der Waals surface area contributed by atoms with E-state index in [9.17, 15) is 5.11 Å². The Labute approximate surface area is 129 Å². The normalized spacial score (nSPS) is 37.0. The van der Waals surface area contributed by atoms with Crippen molar-refractivity contribution in [3.63, 3.8) is 0 Å². The van der Waals surface area contributed by atoms with Gasteiger partial charge in [0.1, 0.15) is 0 Å². The number of hydrogen-bond acceptors (Lipinski definition) is 4. The van der Waals surface area contributed by atoms with Gasteiger partial charge >= 0.3 is 0 Å². The molecule has 1 saturated carbocycles. The fourth-order valence-electron chi connectivity index (χ4n) is 3.86. The van der Waals surface area contributed by atoms with Gasteiger partial charge in [0.15, 0.2) is 5.79 Å². The van der Waals surface area contributed by atoms with E-state index in [0.29, 0.717) is 24.9 Å². The summed E-state index contributed by atoms with van der Waals surface area (Å²) in [7, 11) is 0. The number of ether oxygens (including phenoxy) is 2. The molecule has 2 fully saturated rings. The van der Waals surface area contributed by atoms with Crippen LogP contribution in [-0.2, 0) is 9.47 Å². The van der Waals surface area contributed by atoms with Crippen LogP contribution in [0.2, 0.25) is 0 Å². The summed E-state index contributed by atoms with van der Waals surface area (Å²) < 4.78 is 12.3. The molecule has 4 heteroatoms. The third kappa shape index (κ3) is 4.19. The highest BCUT2D eigenvalue weighted by molar-refractivity contribution is 4.91. The number of nitrogens with zero attached hydrogens (tertiary/aromatic N) is 1. The van der Waals surface area contributed by atoms with Crippen molar-refractivity contribution in [3.8, 4) is 0 Å². The molecule has 0 amide bonds. The summed E-state index contributed by atoms with van der Waals surface area (Å²) in [6.07, 6.45) is 3.57. The van der Waals surface area contributed by atoms with Crippen LogP contribution in [0.25, 0.3) is 0 Å². The van der Waals surface area contributed by atoms with Gasteiger partial charge in [0.25, 0.3) is 0 Å². The van der Waals surface area contributed by atoms with Crippen molar-refractivity contribution in [2.45, 2.75) is 71.4 Å². The summed E-state index contributed by atoms with van der Waals surface area (Å²) in [6.45, 7) is 12.6. The molecule has 0 bridgehead atoms. The zero-order valence-electron chi connectivity index (χ0n) is 14.2. The van der Waals surface area contributed by atoms with Gasteiger partial charge in [-0.25, -0.2) is 0 Å². The Hall–Kier alpha value is -0.160. The topological polar surface area (TPSA) is 41.9 Å². The lowest BCUT2D eigenvalue weighted by Gasteiger charge is -2.40. The molecule has 4 unspecified atom stereocenters. The molecule has 1 heterocycles. The molecule has 0 radical (unpaired) electrons. The van der Waals surface area contributed by atoms with Crippen molar-refractivity contribution in [1.82, 2.24) is 4.90 Å². The molecule has 4 nitrogen and oxygen atoms in total. The second-order valence-corrected chi connectivity index (χ2v) is 7.07. The van der Waals surface area contributed by atoms with Crippen molar-refractivity contribution in [2.24, 2.45) is 11.8 Å². The van der Waals surface area contributed by atoms with Crippen LogP contribution in [0.4, 0.5) is 0 Å². The third-order valence-corrected chi connectivity index (χ3v) is 5.09. The molecule has 1 saturated heterocycles. The monoisotopic (exact) mass is 299 g/mol. The maximum absolute atomic E-state index is 10.4. The molecule has 2 rings (SSSR count). The van der Waals surface area contributed by atoms with Gasteiger partial charge in [0.05, 0.1) is 18.8 Å². The van der Waals surface area contributed by atoms with E-state index in [1.54, 1.807) is 0 Å². The second kappa shape index (κ2) is 7.40. The number of aliphatic hydroxyl groups excluding tert-OH is 1. The molecule has 0 aromatic heterocycles. The van der Waals surface area contributed by atoms with E-state index in [2.05, 4.69) is 32.6 Å². The minimum absolute atomic E-state index is 0.152. The number of aliphatic hydroxyl groups is 1. The Balaban J connectivity index is 1.87. The van der Waals surface area contributed by atoms with Crippen molar-refractivity contribution in [3.05, 3.63) is 0 Å². The maximum Gasteiger partial charge on any atom is 0.171 e. The van der Waals surface area contributed by atoms with E-state index < -0.39 is 5.79 Å². The average molecular weight is 299 g/mol. The molecule has 1 aliphatic carbocycles. The lowest BCUT2D eigenvalue weighted by molar-refractivity contribution is -0.217. The van der Waals surface area contributed by atoms with Crippen molar-refractivity contribution in [2.75, 3.05) is 26.2 Å². The van der Waals surface area contributed by atoms with Gasteiger partial charge in [-0.1, -0.05) is 27.7 Å². The van der Waals surface area contributed by atoms with Gasteiger partial charge in [-0.3, -0.25) is 0 Å². The largest absolute Gasteiger partial charge is 0.393 e. The zero-order chi connectivity index (χ0) is 15.5. The van der Waals surface area contributed by atoms with Crippen LogP contribution in [-0.4, -0.2) is 54.2 Å². The molecule has 4 atom stereocenters. The van der Waals surface area contributed by atoms with Crippen molar-refractivity contribution < 1.29 is 14.6 Å². The van der Waals surface area contributed by atoms with Gasteiger partial charge in [0, 0.05) is 19.4 Å². The lowest BCUT2D eigenvalue weighted by Crippen LogP contribution is -2.45. The van der Waals surface area contributed by atoms with Crippen molar-refractivity contribution in [1.29, 1.82) is 0 Å². The molecule has 124 valence electrons. The molecule has 0 aromatic rings. The molecule has 21 heavy (non-hydrogen) atoms. The summed E-state index contributed by atoms with van der Waals surface area (Å²) in [5.74, 6) is 0.393. The molecular weight excluding hydrogens is 266 g/mol. The van der Waals surface area contributed by atoms with Crippen LogP contribution in [0.5, 0.6) is 0 Å². The highest BCUT2D eigenvalue weighted by Crippen LogP contribution is 2.42. The first kappa shape index (κ1) is 17.2. The van der Waals surface area contributed by atoms with Crippen LogP contribution in [0.3, 0.4) is 0 Å². The van der Waals surface area contributed by atoms with E-state index in [4.69, 9.17) is 9.47 Å². The van der Waals surface area contributed by atoms with E-state index in [-0.39, 0.29) is 12.2 Å². The summed E-state index contributed by atoms with van der Waals surface area (Å²) in [6, 6.07) is 0. The Bertz CT molecular complexity index is 323. The Morgan fingerprint density at radius 1 is 1.33 bits per heavy atom. The zero-order valence-corrected chi connectivity index (χ0v) is 14.2. The summed E-state index contributed by atoms with van der Waals surface area (Å²) in [5.41, 5.74) is 0. The second-order valence-electron chi connectivity index (χ2n) is 7.07. The standard InChI is InChI=1S/C17H33NO3/c1-5-9-18(6-2)11-14-12-20-17(21-14)8-7-15(13(3)4)16(19)10-17/h13-16,19H,5-12H2,1-4H3. The number of likely N-dealkylation sites (N-methyl/N-ethyl adjacent to an activating group) is 1. The van der Waals surface area contributed by atoms with Crippen LogP contribution < -0.4 is 0 Å². The molecule has 1 aliphatic heterocycles. The first-order valence-electron chi connectivity index (χ1n) is 8.72. The minimum Gasteiger partial charge on any atom is -0.393 e. The van der Waals surface area contributed by atoms with Gasteiger partial charge < -0.3 is 19.5 Å². The first-order valence-corrected chi connectivity index (χ1v) is 8.72. The predicted molar refractivity (Wildman–Crippen MR) is 84.1 cm³/mol. The smallest absolute Gasteiger partial charge is 0.171 e. The maximum atomic E-state index is 10.4. The van der Waals surface area contributed by atoms with Gasteiger partial charge in [-0.05, 0) is 37.8 Å². The highest BCUT2D eigenvalue weighted by atomic mass is 16.7. The summed E-state index contributed by atoms with van der Waals surface area (Å²) in [4.78, 5) is 2.42. The molecule has 2 aliphatic rings. The summed E-state index contributed by atoms with van der Waals surface area (Å²) >= 11 is 0. The molecule has 0 aromatic carbocycles. The predicted octanol–water partition coefficient (Wildman–Crippen LogP) is 2.65. The SMILES string of the molecule is CCCN(CC)CC1COC2(CCC(C(C)C)C(O)C2)O1. The quantitative estimate of drug-likeness (QED) is 0.819. The fourth-order valence-corrected chi connectivity index (χ4v) is 3.86. The van der Waals surface area contributed by atoms with Crippen molar-refractivity contribution >= 4 is 0 Å². The third-order valence-electron chi connectivity index (χ3n) is 5.09. The molecular formula is C17H33NO3. The van der Waals surface area contributed by atoms with Gasteiger partial charge in [0.2, 0.25) is 0 Å². The van der Waals surface area contributed by atoms with Crippen LogP contribution in [0, 0.1) is 11.8 Å². The Morgan fingerprint density at radius 3 is 2.67 bits per heavy atom. The van der Waals surface area contributed by atoms with E-state index in [1.807, 2.05) is 0 Å². The highest BCUT2D eigenvalue weighted by Gasteiger charge is 2.48. The van der Waals surface area contributed by atoms with E-state index >= 15 is 0 Å². The lowest BCUT2D eigenvalue weighted by atomic mass is 9.77. The summed E-state index contributed by atoms with van der Waals surface area (Å²) in [5, 5.41) is 10.4. The number of rotatable bonds is 6. The van der Waals surface area contributed by atoms with E-state index in [0.717, 1.165) is 32.5 Å². The van der Waals surface area contributed by atoms with Gasteiger partial charge in [-0.2, -0.15) is 0 Å². The fraction of sp³-hybridized carbons (Fsp3) is 1.00. The minimum atomic E-state index is -0.513. The average Bonchev–Trinajstić information content (AvgIpc) is 2.80. The van der Waals surface area contributed by atoms with Crippen LogP contribution in [0.1, 0.15) is 53.4 Å². The first-order chi connectivity index (χ1) is 9.99. The van der Waals surface area contributed by atoms with Crippen LogP contribution >= 0.6 is 0 Å². The Morgan fingerprint density at radius 2 is 2.10 bits per heavy atom. The van der Waals surface area contributed by atoms with E-state index in [1.165, 1.54) is 6.42 Å². The Kier molecular flexibility index (Phi) is 6.06.